The summed E-state index contributed by atoms with van der Waals surface area (Å²) in [6, 6.07) is -2.09. The van der Waals surface area contributed by atoms with Crippen molar-refractivity contribution in [2.24, 2.45) is 5.92 Å². The molecule has 0 bridgehead atoms. The van der Waals surface area contributed by atoms with Gasteiger partial charge in [0.15, 0.2) is 0 Å². The Hall–Kier alpha value is -2.32. The molecule has 2 atom stereocenters. The van der Waals surface area contributed by atoms with Gasteiger partial charge in [-0.2, -0.15) is 0 Å². The van der Waals surface area contributed by atoms with Gasteiger partial charge in [0.05, 0.1) is 0 Å². The number of amides is 2. The van der Waals surface area contributed by atoms with Gasteiger partial charge in [0.25, 0.3) is 0 Å². The second kappa shape index (κ2) is 11.0. The number of carboxylic acid groups (broad SMARTS) is 1. The summed E-state index contributed by atoms with van der Waals surface area (Å²) < 4.78 is 10.5. The zero-order chi connectivity index (χ0) is 23.0. The molecule has 2 amide bonds. The van der Waals surface area contributed by atoms with E-state index in [9.17, 15) is 19.2 Å². The van der Waals surface area contributed by atoms with Crippen molar-refractivity contribution in [3.8, 4) is 0 Å². The average Bonchev–Trinajstić information content (AvgIpc) is 2.45. The van der Waals surface area contributed by atoms with E-state index in [4.69, 9.17) is 14.6 Å². The van der Waals surface area contributed by atoms with Crippen LogP contribution in [0.2, 0.25) is 0 Å². The van der Waals surface area contributed by atoms with E-state index in [0.29, 0.717) is 6.42 Å². The van der Waals surface area contributed by atoms with E-state index >= 15 is 0 Å². The van der Waals surface area contributed by atoms with Crippen molar-refractivity contribution >= 4 is 23.9 Å². The second-order valence-corrected chi connectivity index (χ2v) is 9.36. The minimum atomic E-state index is -1.15. The fourth-order valence-electron chi connectivity index (χ4n) is 2.31. The van der Waals surface area contributed by atoms with E-state index in [1.54, 1.807) is 41.5 Å². The highest BCUT2D eigenvalue weighted by molar-refractivity contribution is 5.90. The summed E-state index contributed by atoms with van der Waals surface area (Å²) in [6.45, 7) is 13.9. The maximum Gasteiger partial charge on any atom is 0.408 e. The van der Waals surface area contributed by atoms with Crippen molar-refractivity contribution in [3.63, 3.8) is 0 Å². The summed E-state index contributed by atoms with van der Waals surface area (Å²) in [5, 5.41) is 14.0. The fraction of sp³-hybridized carbons (Fsp3) is 0.800. The van der Waals surface area contributed by atoms with E-state index in [1.165, 1.54) is 0 Å². The Morgan fingerprint density at radius 3 is 1.79 bits per heavy atom. The van der Waals surface area contributed by atoms with Crippen LogP contribution in [0.5, 0.6) is 0 Å². The van der Waals surface area contributed by atoms with Crippen molar-refractivity contribution in [1.82, 2.24) is 10.6 Å². The first-order valence-electron chi connectivity index (χ1n) is 9.74. The molecule has 0 aromatic rings. The highest BCUT2D eigenvalue weighted by Gasteiger charge is 2.31. The third kappa shape index (κ3) is 13.5. The standard InChI is InChI=1S/C20H36N2O7/c1-12(2)11-14(22-18(27)29-20(6,7)8)16(25)21-13(9-10-15(23)24)17(26)28-19(3,4)5/h12-14H,9-11H2,1-8H3,(H,21,25)(H,22,27)(H,23,24). The van der Waals surface area contributed by atoms with Gasteiger partial charge >= 0.3 is 18.0 Å². The molecule has 9 heteroatoms. The zero-order valence-corrected chi connectivity index (χ0v) is 18.8. The number of aliphatic carboxylic acids is 1. The molecule has 168 valence electrons. The smallest absolute Gasteiger partial charge is 0.408 e. The first-order chi connectivity index (χ1) is 13.0. The first-order valence-corrected chi connectivity index (χ1v) is 9.74. The summed E-state index contributed by atoms with van der Waals surface area (Å²) >= 11 is 0. The van der Waals surface area contributed by atoms with Crippen LogP contribution in [0.1, 0.15) is 74.7 Å². The van der Waals surface area contributed by atoms with Gasteiger partial charge in [-0.05, 0) is 60.3 Å². The van der Waals surface area contributed by atoms with E-state index in [0.717, 1.165) is 0 Å². The molecule has 3 N–H and O–H groups in total. The van der Waals surface area contributed by atoms with Crippen LogP contribution in [0.25, 0.3) is 0 Å². The molecular weight excluding hydrogens is 380 g/mol. The van der Waals surface area contributed by atoms with Gasteiger partial charge in [0.1, 0.15) is 23.3 Å². The molecule has 0 rings (SSSR count). The Morgan fingerprint density at radius 2 is 1.38 bits per heavy atom. The van der Waals surface area contributed by atoms with Gasteiger partial charge in [-0.3, -0.25) is 9.59 Å². The number of ether oxygens (including phenoxy) is 2. The molecule has 29 heavy (non-hydrogen) atoms. The van der Waals surface area contributed by atoms with Crippen LogP contribution in [0.4, 0.5) is 4.79 Å². The number of hydrogen-bond donors (Lipinski definition) is 3. The highest BCUT2D eigenvalue weighted by Crippen LogP contribution is 2.13. The van der Waals surface area contributed by atoms with Crippen LogP contribution in [0, 0.1) is 5.92 Å². The topological polar surface area (TPSA) is 131 Å². The molecule has 0 spiro atoms. The first kappa shape index (κ1) is 26.7. The van der Waals surface area contributed by atoms with Crippen LogP contribution in [-0.2, 0) is 23.9 Å². The quantitative estimate of drug-likeness (QED) is 0.492. The van der Waals surface area contributed by atoms with Gasteiger partial charge in [0.2, 0.25) is 5.91 Å². The van der Waals surface area contributed by atoms with Crippen LogP contribution in [0.3, 0.4) is 0 Å². The molecule has 0 heterocycles. The lowest BCUT2D eigenvalue weighted by Crippen LogP contribution is -2.53. The van der Waals surface area contributed by atoms with Gasteiger partial charge in [0, 0.05) is 6.42 Å². The lowest BCUT2D eigenvalue weighted by molar-refractivity contribution is -0.159. The number of carbonyl (C=O) groups is 4. The summed E-state index contributed by atoms with van der Waals surface area (Å²) in [4.78, 5) is 48.2. The molecule has 0 aromatic carbocycles. The summed E-state index contributed by atoms with van der Waals surface area (Å²) in [6.07, 6.45) is -0.891. The summed E-state index contributed by atoms with van der Waals surface area (Å²) in [7, 11) is 0. The monoisotopic (exact) mass is 416 g/mol. The molecular formula is C20H36N2O7. The Labute approximate surface area is 172 Å². The molecule has 0 aliphatic heterocycles. The SMILES string of the molecule is CC(C)CC(NC(=O)OC(C)(C)C)C(=O)NC(CCC(=O)O)C(=O)OC(C)(C)C. The molecule has 0 aliphatic carbocycles. The fourth-order valence-corrected chi connectivity index (χ4v) is 2.31. The molecule has 9 nitrogen and oxygen atoms in total. The Balaban J connectivity index is 5.33. The van der Waals surface area contributed by atoms with Crippen LogP contribution in [-0.4, -0.2) is 52.3 Å². The van der Waals surface area contributed by atoms with E-state index in [2.05, 4.69) is 10.6 Å². The number of nitrogens with one attached hydrogen (secondary N) is 2. The van der Waals surface area contributed by atoms with Gasteiger partial charge < -0.3 is 25.2 Å². The number of carboxylic acids is 1. The number of esters is 1. The molecule has 0 radical (unpaired) electrons. The predicted octanol–water partition coefficient (Wildman–Crippen LogP) is 2.62. The van der Waals surface area contributed by atoms with Gasteiger partial charge in [-0.1, -0.05) is 13.8 Å². The van der Waals surface area contributed by atoms with E-state index in [-0.39, 0.29) is 18.8 Å². The van der Waals surface area contributed by atoms with Crippen molar-refractivity contribution < 1.29 is 33.8 Å². The maximum atomic E-state index is 12.8. The van der Waals surface area contributed by atoms with Gasteiger partial charge in [-0.15, -0.1) is 0 Å². The number of hydrogen-bond acceptors (Lipinski definition) is 6. The Morgan fingerprint density at radius 1 is 0.862 bits per heavy atom. The van der Waals surface area contributed by atoms with Crippen LogP contribution in [0.15, 0.2) is 0 Å². The predicted molar refractivity (Wildman–Crippen MR) is 107 cm³/mol. The third-order valence-electron chi connectivity index (χ3n) is 3.37. The molecule has 0 aromatic heterocycles. The number of rotatable bonds is 9. The molecule has 0 saturated heterocycles. The van der Waals surface area contributed by atoms with Gasteiger partial charge in [-0.25, -0.2) is 9.59 Å². The largest absolute Gasteiger partial charge is 0.481 e. The lowest BCUT2D eigenvalue weighted by atomic mass is 10.0. The molecule has 2 unspecified atom stereocenters. The summed E-state index contributed by atoms with van der Waals surface area (Å²) in [5.74, 6) is -2.36. The zero-order valence-electron chi connectivity index (χ0n) is 18.8. The second-order valence-electron chi connectivity index (χ2n) is 9.36. The van der Waals surface area contributed by atoms with Crippen molar-refractivity contribution in [3.05, 3.63) is 0 Å². The maximum absolute atomic E-state index is 12.8. The van der Waals surface area contributed by atoms with Crippen LogP contribution >= 0.6 is 0 Å². The summed E-state index contributed by atoms with van der Waals surface area (Å²) in [5.41, 5.74) is -1.53. The van der Waals surface area contributed by atoms with Crippen molar-refractivity contribution in [2.45, 2.75) is 97.9 Å². The van der Waals surface area contributed by atoms with Crippen LogP contribution < -0.4 is 10.6 Å². The Bertz CT molecular complexity index is 589. The Kier molecular flexibility index (Phi) is 10.1. The normalized spacial score (nSPS) is 14.0. The van der Waals surface area contributed by atoms with E-state index in [1.807, 2.05) is 13.8 Å². The van der Waals surface area contributed by atoms with Crippen molar-refractivity contribution in [1.29, 1.82) is 0 Å². The minimum Gasteiger partial charge on any atom is -0.481 e. The lowest BCUT2D eigenvalue weighted by Gasteiger charge is -2.27. The molecule has 0 fully saturated rings. The third-order valence-corrected chi connectivity index (χ3v) is 3.37. The average molecular weight is 417 g/mol. The van der Waals surface area contributed by atoms with Crippen molar-refractivity contribution in [2.75, 3.05) is 0 Å². The number of alkyl carbamates (subject to hydrolysis) is 1. The molecule has 0 saturated carbocycles. The highest BCUT2D eigenvalue weighted by atomic mass is 16.6. The molecule has 0 aliphatic rings. The number of carbonyl (C=O) groups excluding carboxylic acids is 3. The van der Waals surface area contributed by atoms with E-state index < -0.39 is 47.2 Å². The minimum absolute atomic E-state index is 0.0692.